The Balaban J connectivity index is 2.92. The summed E-state index contributed by atoms with van der Waals surface area (Å²) in [5.41, 5.74) is 7.71. The van der Waals surface area contributed by atoms with Crippen LogP contribution in [0.3, 0.4) is 0 Å². The van der Waals surface area contributed by atoms with Gasteiger partial charge in [0.1, 0.15) is 0 Å². The molecule has 0 heterocycles. The van der Waals surface area contributed by atoms with Crippen LogP contribution in [0.2, 0.25) is 0 Å². The minimum Gasteiger partial charge on any atom is -0.326 e. The van der Waals surface area contributed by atoms with Gasteiger partial charge in [-0.2, -0.15) is 0 Å². The first-order chi connectivity index (χ1) is 6.53. The average molecular weight is 212 g/mol. The maximum atomic E-state index is 11.4. The molecule has 0 aliphatic rings. The highest BCUT2D eigenvalue weighted by molar-refractivity contribution is 7.92. The van der Waals surface area contributed by atoms with E-state index in [4.69, 9.17) is 5.73 Å². The molecule has 0 atom stereocenters. The van der Waals surface area contributed by atoms with E-state index in [0.717, 1.165) is 11.1 Å². The molecule has 1 rings (SSSR count). The van der Waals surface area contributed by atoms with Gasteiger partial charge in [0, 0.05) is 28.8 Å². The second-order valence-corrected chi connectivity index (χ2v) is 6.06. The Hall–Kier alpha value is -0.870. The van der Waals surface area contributed by atoms with Gasteiger partial charge in [0.25, 0.3) is 0 Å². The van der Waals surface area contributed by atoms with Crippen molar-refractivity contribution < 1.29 is 4.21 Å². The fourth-order valence-corrected chi connectivity index (χ4v) is 1.59. The molecule has 0 unspecified atom stereocenters. The third-order valence-electron chi connectivity index (χ3n) is 1.88. The molecule has 1 aromatic rings. The molecule has 4 heteroatoms. The van der Waals surface area contributed by atoms with Crippen molar-refractivity contribution in [3.05, 3.63) is 35.4 Å². The summed E-state index contributed by atoms with van der Waals surface area (Å²) in [4.78, 5) is 0. The van der Waals surface area contributed by atoms with Crippen LogP contribution in [0, 0.1) is 0 Å². The van der Waals surface area contributed by atoms with Crippen LogP contribution in [0.5, 0.6) is 0 Å². The van der Waals surface area contributed by atoms with Crippen molar-refractivity contribution in [1.82, 2.24) is 0 Å². The Bertz CT molecular complexity index is 412. The molecule has 0 fully saturated rings. The summed E-state index contributed by atoms with van der Waals surface area (Å²) in [6.45, 7) is 0.986. The van der Waals surface area contributed by atoms with Gasteiger partial charge in [0.2, 0.25) is 0 Å². The molecule has 0 aliphatic heterocycles. The van der Waals surface area contributed by atoms with Crippen molar-refractivity contribution in [3.8, 4) is 0 Å². The number of rotatable bonds is 3. The van der Waals surface area contributed by atoms with Crippen LogP contribution < -0.4 is 5.73 Å². The molecule has 0 bridgehead atoms. The molecule has 0 saturated heterocycles. The quantitative estimate of drug-likeness (QED) is 0.822. The van der Waals surface area contributed by atoms with Gasteiger partial charge >= 0.3 is 0 Å². The predicted octanol–water partition coefficient (Wildman–Crippen LogP) is 1.37. The molecule has 0 radical (unpaired) electrons. The van der Waals surface area contributed by atoms with Crippen LogP contribution in [0.4, 0.5) is 0 Å². The van der Waals surface area contributed by atoms with Gasteiger partial charge in [-0.1, -0.05) is 24.3 Å². The highest BCUT2D eigenvalue weighted by Gasteiger charge is 1.99. The number of nitrogens with two attached hydrogens (primary N) is 1. The van der Waals surface area contributed by atoms with E-state index in [2.05, 4.69) is 4.36 Å². The summed E-state index contributed by atoms with van der Waals surface area (Å²) in [6, 6.07) is 7.83. The predicted molar refractivity (Wildman–Crippen MR) is 60.5 cm³/mol. The zero-order valence-electron chi connectivity index (χ0n) is 8.56. The molecule has 0 aliphatic carbocycles. The minimum absolute atomic E-state index is 0.485. The van der Waals surface area contributed by atoms with Crippen molar-refractivity contribution in [2.24, 2.45) is 10.1 Å². The fourth-order valence-electron chi connectivity index (χ4n) is 1.14. The Morgan fingerprint density at radius 1 is 1.29 bits per heavy atom. The first-order valence-electron chi connectivity index (χ1n) is 4.42. The van der Waals surface area contributed by atoms with Crippen LogP contribution in [0.1, 0.15) is 11.1 Å². The monoisotopic (exact) mass is 212 g/mol. The highest BCUT2D eigenvalue weighted by atomic mass is 32.2. The maximum absolute atomic E-state index is 11.4. The van der Waals surface area contributed by atoms with Gasteiger partial charge in [-0.3, -0.25) is 4.21 Å². The van der Waals surface area contributed by atoms with Gasteiger partial charge in [0.15, 0.2) is 0 Å². The van der Waals surface area contributed by atoms with Crippen LogP contribution in [-0.2, 0) is 22.8 Å². The smallest absolute Gasteiger partial charge is 0.0737 e. The molecule has 1 aromatic carbocycles. The van der Waals surface area contributed by atoms with Gasteiger partial charge in [-0.25, -0.2) is 4.36 Å². The molecule has 0 saturated carbocycles. The van der Waals surface area contributed by atoms with E-state index >= 15 is 0 Å². The van der Waals surface area contributed by atoms with E-state index in [-0.39, 0.29) is 0 Å². The zero-order valence-corrected chi connectivity index (χ0v) is 9.38. The van der Waals surface area contributed by atoms with Crippen LogP contribution in [0.15, 0.2) is 28.6 Å². The number of nitrogens with zero attached hydrogens (tertiary/aromatic N) is 1. The Morgan fingerprint density at radius 3 is 2.36 bits per heavy atom. The normalized spacial score (nSPS) is 11.4. The summed E-state index contributed by atoms with van der Waals surface area (Å²) in [7, 11) is -2.01. The molecule has 0 spiro atoms. The summed E-state index contributed by atoms with van der Waals surface area (Å²) < 4.78 is 15.5. The van der Waals surface area contributed by atoms with Crippen molar-refractivity contribution >= 4 is 9.73 Å². The lowest BCUT2D eigenvalue weighted by molar-refractivity contribution is 0.682. The molecular formula is C10H16N2OS. The Kier molecular flexibility index (Phi) is 3.66. The molecule has 2 N–H and O–H groups in total. The van der Waals surface area contributed by atoms with Gasteiger partial charge in [-0.05, 0) is 11.1 Å². The third-order valence-corrected chi connectivity index (χ3v) is 2.64. The van der Waals surface area contributed by atoms with Crippen molar-refractivity contribution in [1.29, 1.82) is 0 Å². The first-order valence-corrected chi connectivity index (χ1v) is 6.76. The molecule has 0 amide bonds. The number of hydrogen-bond acceptors (Lipinski definition) is 3. The van der Waals surface area contributed by atoms with Gasteiger partial charge in [0.05, 0.1) is 6.54 Å². The van der Waals surface area contributed by atoms with Gasteiger partial charge in [-0.15, -0.1) is 0 Å². The van der Waals surface area contributed by atoms with Crippen molar-refractivity contribution in [2.75, 3.05) is 12.5 Å². The largest absolute Gasteiger partial charge is 0.326 e. The van der Waals surface area contributed by atoms with E-state index in [9.17, 15) is 4.21 Å². The standard InChI is InChI=1S/C10H16N2OS/c1-14(2,13)12-8-10-6-4-3-5-9(10)7-11/h3-6H,7-8,11H2,1-2H3. The van der Waals surface area contributed by atoms with E-state index in [1.807, 2.05) is 24.3 Å². The van der Waals surface area contributed by atoms with Crippen LogP contribution >= 0.6 is 0 Å². The van der Waals surface area contributed by atoms with Crippen LogP contribution in [-0.4, -0.2) is 16.7 Å². The number of hydrogen-bond donors (Lipinski definition) is 1. The van der Waals surface area contributed by atoms with Crippen molar-refractivity contribution in [2.45, 2.75) is 13.1 Å². The second-order valence-electron chi connectivity index (χ2n) is 3.44. The molecule has 0 aromatic heterocycles. The highest BCUT2D eigenvalue weighted by Crippen LogP contribution is 2.09. The van der Waals surface area contributed by atoms with E-state index in [0.29, 0.717) is 13.1 Å². The fraction of sp³-hybridized carbons (Fsp3) is 0.400. The van der Waals surface area contributed by atoms with E-state index in [1.165, 1.54) is 0 Å². The summed E-state index contributed by atoms with van der Waals surface area (Å²) in [5.74, 6) is 0. The minimum atomic E-state index is -2.01. The lowest BCUT2D eigenvalue weighted by Gasteiger charge is -2.04. The Morgan fingerprint density at radius 2 is 1.86 bits per heavy atom. The second kappa shape index (κ2) is 4.57. The SMILES string of the molecule is CS(C)(=O)=NCc1ccccc1CN. The van der Waals surface area contributed by atoms with E-state index in [1.54, 1.807) is 12.5 Å². The molecular weight excluding hydrogens is 196 g/mol. The van der Waals surface area contributed by atoms with Crippen molar-refractivity contribution in [3.63, 3.8) is 0 Å². The lowest BCUT2D eigenvalue weighted by atomic mass is 10.1. The number of benzene rings is 1. The average Bonchev–Trinajstić information content (AvgIpc) is 2.14. The molecule has 3 nitrogen and oxygen atoms in total. The van der Waals surface area contributed by atoms with E-state index < -0.39 is 9.73 Å². The first kappa shape index (κ1) is 11.2. The summed E-state index contributed by atoms with van der Waals surface area (Å²) in [5, 5.41) is 0. The zero-order chi connectivity index (χ0) is 10.6. The topological polar surface area (TPSA) is 55.5 Å². The Labute approximate surface area is 85.5 Å². The lowest BCUT2D eigenvalue weighted by Crippen LogP contribution is -2.01. The molecule has 78 valence electrons. The summed E-state index contributed by atoms with van der Waals surface area (Å²) in [6.07, 6.45) is 3.27. The maximum Gasteiger partial charge on any atom is 0.0737 e. The third kappa shape index (κ3) is 3.47. The van der Waals surface area contributed by atoms with Crippen LogP contribution in [0.25, 0.3) is 0 Å². The summed E-state index contributed by atoms with van der Waals surface area (Å²) >= 11 is 0. The molecule has 14 heavy (non-hydrogen) atoms. The van der Waals surface area contributed by atoms with Gasteiger partial charge < -0.3 is 5.73 Å².